The predicted octanol–water partition coefficient (Wildman–Crippen LogP) is 4.16. The fraction of sp³-hybridized carbons (Fsp3) is 0.520. The molecule has 2 aliphatic heterocycles. The molecule has 2 fully saturated rings. The Bertz CT molecular complexity index is 991. The lowest BCUT2D eigenvalue weighted by molar-refractivity contribution is 0.0449. The summed E-state index contributed by atoms with van der Waals surface area (Å²) in [6.45, 7) is 8.23. The Kier molecular flexibility index (Phi) is 5.34. The molecular weight excluding hydrogens is 374 g/mol. The molecule has 0 aliphatic carbocycles. The highest BCUT2D eigenvalue weighted by atomic mass is 16.3. The van der Waals surface area contributed by atoms with Crippen LogP contribution in [0.15, 0.2) is 30.3 Å². The van der Waals surface area contributed by atoms with Gasteiger partial charge in [0.15, 0.2) is 5.78 Å². The Morgan fingerprint density at radius 2 is 1.93 bits per heavy atom. The summed E-state index contributed by atoms with van der Waals surface area (Å²) in [7, 11) is 0. The number of carbonyl (C=O) groups is 1. The van der Waals surface area contributed by atoms with Crippen LogP contribution >= 0.6 is 0 Å². The summed E-state index contributed by atoms with van der Waals surface area (Å²) in [6, 6.07) is 12.5. The maximum atomic E-state index is 13.3. The van der Waals surface area contributed by atoms with Crippen molar-refractivity contribution in [2.45, 2.75) is 71.1 Å². The van der Waals surface area contributed by atoms with Crippen molar-refractivity contribution in [1.29, 1.82) is 5.26 Å². The van der Waals surface area contributed by atoms with E-state index in [9.17, 15) is 9.90 Å². The van der Waals surface area contributed by atoms with Crippen LogP contribution in [0.2, 0.25) is 0 Å². The molecule has 30 heavy (non-hydrogen) atoms. The van der Waals surface area contributed by atoms with Crippen LogP contribution in [0.5, 0.6) is 0 Å². The van der Waals surface area contributed by atoms with Gasteiger partial charge in [-0.15, -0.1) is 0 Å². The van der Waals surface area contributed by atoms with E-state index in [2.05, 4.69) is 15.5 Å². The van der Waals surface area contributed by atoms with E-state index < -0.39 is 5.60 Å². The van der Waals surface area contributed by atoms with Crippen LogP contribution in [0.3, 0.4) is 0 Å². The molecule has 3 heterocycles. The van der Waals surface area contributed by atoms with Gasteiger partial charge in [-0.25, -0.2) is 0 Å². The number of nitriles is 1. The Labute approximate surface area is 178 Å². The minimum absolute atomic E-state index is 0.170. The van der Waals surface area contributed by atoms with Crippen molar-refractivity contribution < 1.29 is 9.90 Å². The van der Waals surface area contributed by atoms with Gasteiger partial charge in [-0.1, -0.05) is 0 Å². The molecule has 1 aromatic heterocycles. The van der Waals surface area contributed by atoms with Crippen LogP contribution < -0.4 is 0 Å². The third kappa shape index (κ3) is 3.82. The first-order chi connectivity index (χ1) is 14.2. The van der Waals surface area contributed by atoms with E-state index in [4.69, 9.17) is 5.26 Å². The van der Waals surface area contributed by atoms with Crippen molar-refractivity contribution in [2.75, 3.05) is 6.54 Å². The summed E-state index contributed by atoms with van der Waals surface area (Å²) < 4.78 is 2.09. The largest absolute Gasteiger partial charge is 0.390 e. The van der Waals surface area contributed by atoms with E-state index in [1.807, 2.05) is 45.9 Å². The molecule has 2 aromatic rings. The second-order valence-electron chi connectivity index (χ2n) is 9.69. The normalized spacial score (nSPS) is 23.7. The van der Waals surface area contributed by atoms with E-state index in [1.165, 1.54) is 0 Å². The van der Waals surface area contributed by atoms with Gasteiger partial charge in [-0.2, -0.15) is 5.26 Å². The summed E-state index contributed by atoms with van der Waals surface area (Å²) in [5, 5.41) is 19.3. The SMILES string of the molecule is Cc1cc(C(=O)CN2C3CCC2[C@H](CC(C)(C)O)C3)c(C)n1-c1ccc(C#N)cc1. The van der Waals surface area contributed by atoms with E-state index in [0.717, 1.165) is 48.3 Å². The van der Waals surface area contributed by atoms with Gasteiger partial charge in [-0.05, 0) is 89.6 Å². The van der Waals surface area contributed by atoms with Gasteiger partial charge >= 0.3 is 0 Å². The Morgan fingerprint density at radius 1 is 1.23 bits per heavy atom. The maximum Gasteiger partial charge on any atom is 0.178 e. The fourth-order valence-electron chi connectivity index (χ4n) is 5.72. The number of aryl methyl sites for hydroxylation is 1. The molecule has 5 nitrogen and oxygen atoms in total. The van der Waals surface area contributed by atoms with Gasteiger partial charge in [0, 0.05) is 34.7 Å². The lowest BCUT2D eigenvalue weighted by Gasteiger charge is -2.28. The molecule has 2 aliphatic rings. The maximum absolute atomic E-state index is 13.3. The van der Waals surface area contributed by atoms with E-state index >= 15 is 0 Å². The number of Topliss-reactive ketones (excluding diaryl/α,β-unsaturated/α-hetero) is 1. The molecule has 2 unspecified atom stereocenters. The number of carbonyl (C=O) groups excluding carboxylic acids is 1. The third-order valence-corrected chi connectivity index (χ3v) is 6.88. The van der Waals surface area contributed by atoms with Crippen LogP contribution in [0.1, 0.15) is 66.8 Å². The minimum Gasteiger partial charge on any atom is -0.390 e. The Hall–Kier alpha value is -2.42. The van der Waals surface area contributed by atoms with Gasteiger partial charge in [-0.3, -0.25) is 9.69 Å². The minimum atomic E-state index is -0.656. The lowest BCUT2D eigenvalue weighted by atomic mass is 9.82. The molecule has 3 atom stereocenters. The molecule has 1 aromatic carbocycles. The predicted molar refractivity (Wildman–Crippen MR) is 117 cm³/mol. The van der Waals surface area contributed by atoms with Crippen LogP contribution in [-0.2, 0) is 0 Å². The number of hydrogen-bond donors (Lipinski definition) is 1. The smallest absolute Gasteiger partial charge is 0.178 e. The number of aliphatic hydroxyl groups is 1. The topological polar surface area (TPSA) is 69.3 Å². The van der Waals surface area contributed by atoms with Crippen LogP contribution in [0.25, 0.3) is 5.69 Å². The molecule has 5 heteroatoms. The van der Waals surface area contributed by atoms with E-state index in [-0.39, 0.29) is 5.78 Å². The Balaban J connectivity index is 1.53. The number of rotatable bonds is 6. The molecule has 158 valence electrons. The molecule has 0 amide bonds. The zero-order chi connectivity index (χ0) is 21.6. The summed E-state index contributed by atoms with van der Waals surface area (Å²) in [4.78, 5) is 15.7. The van der Waals surface area contributed by atoms with Gasteiger partial charge in [0.1, 0.15) is 0 Å². The highest BCUT2D eigenvalue weighted by molar-refractivity contribution is 5.99. The monoisotopic (exact) mass is 405 g/mol. The third-order valence-electron chi connectivity index (χ3n) is 6.88. The van der Waals surface area contributed by atoms with Crippen molar-refractivity contribution in [3.63, 3.8) is 0 Å². The second-order valence-corrected chi connectivity index (χ2v) is 9.69. The van der Waals surface area contributed by atoms with Gasteiger partial charge < -0.3 is 9.67 Å². The zero-order valence-corrected chi connectivity index (χ0v) is 18.4. The molecule has 0 spiro atoms. The molecule has 0 radical (unpaired) electrons. The highest BCUT2D eigenvalue weighted by Gasteiger charge is 2.47. The average molecular weight is 406 g/mol. The zero-order valence-electron chi connectivity index (χ0n) is 18.4. The number of benzene rings is 1. The molecule has 0 saturated carbocycles. The van der Waals surface area contributed by atoms with Gasteiger partial charge in [0.05, 0.1) is 23.8 Å². The Morgan fingerprint density at radius 3 is 2.57 bits per heavy atom. The highest BCUT2D eigenvalue weighted by Crippen LogP contribution is 2.44. The number of fused-ring (bicyclic) bond motifs is 2. The quantitative estimate of drug-likeness (QED) is 0.733. The first kappa shape index (κ1) is 20.8. The van der Waals surface area contributed by atoms with Crippen molar-refractivity contribution in [1.82, 2.24) is 9.47 Å². The number of nitrogens with zero attached hydrogens (tertiary/aromatic N) is 3. The van der Waals surface area contributed by atoms with Crippen molar-refractivity contribution in [2.24, 2.45) is 5.92 Å². The van der Waals surface area contributed by atoms with Crippen molar-refractivity contribution in [3.8, 4) is 11.8 Å². The summed E-state index contributed by atoms with van der Waals surface area (Å²) in [5.41, 5.74) is 3.68. The molecule has 4 rings (SSSR count). The van der Waals surface area contributed by atoms with Crippen LogP contribution in [0.4, 0.5) is 0 Å². The van der Waals surface area contributed by atoms with Crippen LogP contribution in [-0.4, -0.2) is 44.6 Å². The van der Waals surface area contributed by atoms with Crippen molar-refractivity contribution in [3.05, 3.63) is 52.8 Å². The summed E-state index contributed by atoms with van der Waals surface area (Å²) in [6.07, 6.45) is 4.17. The van der Waals surface area contributed by atoms with Crippen LogP contribution in [0, 0.1) is 31.1 Å². The molecule has 2 saturated heterocycles. The molecule has 2 bridgehead atoms. The first-order valence-electron chi connectivity index (χ1n) is 10.9. The van der Waals surface area contributed by atoms with Gasteiger partial charge in [0.25, 0.3) is 0 Å². The lowest BCUT2D eigenvalue weighted by Crippen LogP contribution is -2.36. The van der Waals surface area contributed by atoms with Crippen molar-refractivity contribution >= 4 is 5.78 Å². The first-order valence-corrected chi connectivity index (χ1v) is 10.9. The average Bonchev–Trinajstić information content (AvgIpc) is 3.31. The fourth-order valence-corrected chi connectivity index (χ4v) is 5.72. The second kappa shape index (κ2) is 7.68. The number of ketones is 1. The van der Waals surface area contributed by atoms with E-state index in [1.54, 1.807) is 12.1 Å². The standard InChI is InChI=1S/C25H31N3O2/c1-16-11-22(17(2)28(16)20-7-5-18(14-26)6-8-20)24(29)15-27-21-9-10-23(27)19(12-21)13-25(3,4)30/h5-8,11,19,21,23,30H,9-10,12-13,15H2,1-4H3/t19-,21?,23?/m0/s1. The number of hydrogen-bond acceptors (Lipinski definition) is 4. The summed E-state index contributed by atoms with van der Waals surface area (Å²) in [5.74, 6) is 0.645. The van der Waals surface area contributed by atoms with Gasteiger partial charge in [0.2, 0.25) is 0 Å². The van der Waals surface area contributed by atoms with E-state index in [0.29, 0.717) is 30.1 Å². The molecule has 1 N–H and O–H groups in total. The molecular formula is C25H31N3O2. The number of aromatic nitrogens is 1. The summed E-state index contributed by atoms with van der Waals surface area (Å²) >= 11 is 0.